The molecule has 2 aromatic carbocycles. The van der Waals surface area contributed by atoms with Gasteiger partial charge in [0.25, 0.3) is 0 Å². The Balaban J connectivity index is 2.16. The third-order valence-electron chi connectivity index (χ3n) is 3.27. The molecule has 0 fully saturated rings. The minimum absolute atomic E-state index is 0.0156. The lowest BCUT2D eigenvalue weighted by molar-refractivity contribution is -0.143. The van der Waals surface area contributed by atoms with Gasteiger partial charge in [-0.2, -0.15) is 38.1 Å². The van der Waals surface area contributed by atoms with Crippen molar-refractivity contribution in [2.24, 2.45) is 0 Å². The van der Waals surface area contributed by atoms with Crippen molar-refractivity contribution in [3.8, 4) is 0 Å². The van der Waals surface area contributed by atoms with E-state index >= 15 is 0 Å². The highest BCUT2D eigenvalue weighted by atomic mass is 32.2. The molecular formula is C17H12F6OS. The van der Waals surface area contributed by atoms with Crippen molar-refractivity contribution in [3.63, 3.8) is 0 Å². The molecule has 8 heteroatoms. The minimum atomic E-state index is -4.85. The molecule has 0 aliphatic heterocycles. The van der Waals surface area contributed by atoms with Gasteiger partial charge in [-0.15, -0.1) is 0 Å². The van der Waals surface area contributed by atoms with Gasteiger partial charge in [0.2, 0.25) is 0 Å². The number of alkyl halides is 6. The lowest BCUT2D eigenvalue weighted by Crippen LogP contribution is -2.11. The van der Waals surface area contributed by atoms with Crippen LogP contribution in [0.15, 0.2) is 42.5 Å². The Morgan fingerprint density at radius 3 is 1.88 bits per heavy atom. The van der Waals surface area contributed by atoms with Crippen LogP contribution in [0, 0.1) is 0 Å². The fraction of sp³-hybridized carbons (Fsp3) is 0.235. The summed E-state index contributed by atoms with van der Waals surface area (Å²) in [7, 11) is 0. The summed E-state index contributed by atoms with van der Waals surface area (Å²) in [6.07, 6.45) is -9.03. The Morgan fingerprint density at radius 2 is 1.36 bits per heavy atom. The van der Waals surface area contributed by atoms with E-state index in [-0.39, 0.29) is 17.4 Å². The van der Waals surface area contributed by atoms with Crippen molar-refractivity contribution in [3.05, 3.63) is 70.3 Å². The molecule has 0 saturated carbocycles. The zero-order valence-corrected chi connectivity index (χ0v) is 13.4. The summed E-state index contributed by atoms with van der Waals surface area (Å²) in [6.45, 7) is 0. The van der Waals surface area contributed by atoms with E-state index in [4.69, 9.17) is 0 Å². The molecule has 0 heterocycles. The Labute approximate surface area is 144 Å². The van der Waals surface area contributed by atoms with Crippen LogP contribution in [0.1, 0.15) is 32.6 Å². The largest absolute Gasteiger partial charge is 0.416 e. The highest BCUT2D eigenvalue weighted by molar-refractivity contribution is 7.97. The monoisotopic (exact) mass is 378 g/mol. The quantitative estimate of drug-likeness (QED) is 0.471. The van der Waals surface area contributed by atoms with Gasteiger partial charge in [0.15, 0.2) is 0 Å². The van der Waals surface area contributed by atoms with E-state index in [1.807, 2.05) is 0 Å². The minimum Gasteiger partial charge on any atom is -0.298 e. The van der Waals surface area contributed by atoms with Crippen molar-refractivity contribution in [2.45, 2.75) is 23.9 Å². The van der Waals surface area contributed by atoms with Crippen LogP contribution in [-0.2, 0) is 23.9 Å². The first-order valence-corrected chi connectivity index (χ1v) is 8.15. The summed E-state index contributed by atoms with van der Waals surface area (Å²) in [4.78, 5) is 10.7. The van der Waals surface area contributed by atoms with E-state index < -0.39 is 23.5 Å². The van der Waals surface area contributed by atoms with Crippen LogP contribution in [0.2, 0.25) is 0 Å². The third kappa shape index (κ3) is 5.52. The smallest absolute Gasteiger partial charge is 0.298 e. The maximum absolute atomic E-state index is 12.8. The molecule has 0 bridgehead atoms. The van der Waals surface area contributed by atoms with Gasteiger partial charge >= 0.3 is 12.4 Å². The SMILES string of the molecule is O=Cc1cccc(CSCc2cc(C(F)(F)F)cc(C(F)(F)F)c2)c1. The van der Waals surface area contributed by atoms with Gasteiger partial charge in [-0.05, 0) is 35.4 Å². The lowest BCUT2D eigenvalue weighted by atomic mass is 10.1. The molecule has 0 aliphatic carbocycles. The van der Waals surface area contributed by atoms with E-state index in [1.54, 1.807) is 24.3 Å². The van der Waals surface area contributed by atoms with E-state index in [0.29, 0.717) is 17.6 Å². The zero-order chi connectivity index (χ0) is 18.7. The fourth-order valence-electron chi connectivity index (χ4n) is 2.15. The molecule has 2 rings (SSSR count). The Morgan fingerprint density at radius 1 is 0.800 bits per heavy atom. The van der Waals surface area contributed by atoms with Crippen molar-refractivity contribution >= 4 is 18.0 Å². The molecule has 1 nitrogen and oxygen atoms in total. The topological polar surface area (TPSA) is 17.1 Å². The molecule has 0 spiro atoms. The fourth-order valence-corrected chi connectivity index (χ4v) is 3.07. The Bertz CT molecular complexity index is 719. The predicted molar refractivity (Wildman–Crippen MR) is 83.3 cm³/mol. The lowest BCUT2D eigenvalue weighted by Gasteiger charge is -2.14. The molecule has 0 amide bonds. The van der Waals surface area contributed by atoms with Gasteiger partial charge in [-0.3, -0.25) is 4.79 Å². The van der Waals surface area contributed by atoms with Crippen molar-refractivity contribution in [2.75, 3.05) is 0 Å². The average Bonchev–Trinajstić information content (AvgIpc) is 2.53. The second-order valence-corrected chi connectivity index (χ2v) is 6.26. The molecule has 25 heavy (non-hydrogen) atoms. The number of carbonyl (C=O) groups excluding carboxylic acids is 1. The summed E-state index contributed by atoms with van der Waals surface area (Å²) in [6, 6.07) is 8.17. The summed E-state index contributed by atoms with van der Waals surface area (Å²) < 4.78 is 76.8. The maximum atomic E-state index is 12.8. The average molecular weight is 378 g/mol. The van der Waals surface area contributed by atoms with Gasteiger partial charge in [0, 0.05) is 17.1 Å². The summed E-state index contributed by atoms with van der Waals surface area (Å²) in [5, 5.41) is 0. The summed E-state index contributed by atoms with van der Waals surface area (Å²) in [5.41, 5.74) is -1.48. The number of benzene rings is 2. The number of rotatable bonds is 5. The van der Waals surface area contributed by atoms with Crippen LogP contribution in [0.3, 0.4) is 0 Å². The van der Waals surface area contributed by atoms with Crippen LogP contribution in [-0.4, -0.2) is 6.29 Å². The van der Waals surface area contributed by atoms with Crippen LogP contribution < -0.4 is 0 Å². The highest BCUT2D eigenvalue weighted by Crippen LogP contribution is 2.37. The Hall–Kier alpha value is -1.96. The predicted octanol–water partition coefficient (Wildman–Crippen LogP) is 5.97. The number of halogens is 6. The van der Waals surface area contributed by atoms with E-state index in [9.17, 15) is 31.1 Å². The van der Waals surface area contributed by atoms with E-state index in [2.05, 4.69) is 0 Å². The Kier molecular flexibility index (Phi) is 5.82. The third-order valence-corrected chi connectivity index (χ3v) is 4.35. The van der Waals surface area contributed by atoms with Crippen molar-refractivity contribution < 1.29 is 31.1 Å². The first-order valence-electron chi connectivity index (χ1n) is 7.00. The molecule has 0 aromatic heterocycles. The van der Waals surface area contributed by atoms with E-state index in [0.717, 1.165) is 17.7 Å². The van der Waals surface area contributed by atoms with Gasteiger partial charge < -0.3 is 0 Å². The van der Waals surface area contributed by atoms with Crippen molar-refractivity contribution in [1.82, 2.24) is 0 Å². The summed E-state index contributed by atoms with van der Waals surface area (Å²) in [5.74, 6) is 0.345. The maximum Gasteiger partial charge on any atom is 0.416 e. The van der Waals surface area contributed by atoms with Gasteiger partial charge in [-0.25, -0.2) is 0 Å². The molecule has 2 aromatic rings. The normalized spacial score (nSPS) is 12.2. The molecule has 0 unspecified atom stereocenters. The molecular weight excluding hydrogens is 366 g/mol. The first kappa shape index (κ1) is 19.4. The van der Waals surface area contributed by atoms with Crippen LogP contribution >= 0.6 is 11.8 Å². The molecule has 0 saturated heterocycles. The van der Waals surface area contributed by atoms with Gasteiger partial charge in [0.1, 0.15) is 6.29 Å². The van der Waals surface area contributed by atoms with Gasteiger partial charge in [-0.1, -0.05) is 18.2 Å². The first-order chi connectivity index (χ1) is 11.6. The second kappa shape index (κ2) is 7.51. The van der Waals surface area contributed by atoms with Crippen LogP contribution in [0.4, 0.5) is 26.3 Å². The van der Waals surface area contributed by atoms with Crippen molar-refractivity contribution in [1.29, 1.82) is 0 Å². The molecule has 0 N–H and O–H groups in total. The molecule has 0 radical (unpaired) electrons. The number of hydrogen-bond donors (Lipinski definition) is 0. The molecule has 134 valence electrons. The van der Waals surface area contributed by atoms with Crippen LogP contribution in [0.25, 0.3) is 0 Å². The number of aldehydes is 1. The second-order valence-electron chi connectivity index (χ2n) is 5.27. The number of thioether (sulfide) groups is 1. The molecule has 0 aliphatic rings. The standard InChI is InChI=1S/C17H12F6OS/c18-16(19,20)14-5-13(6-15(7-14)17(21,22)23)10-25-9-12-3-1-2-11(4-12)8-24/h1-8H,9-10H2. The number of carbonyl (C=O) groups is 1. The summed E-state index contributed by atoms with van der Waals surface area (Å²) >= 11 is 1.17. The van der Waals surface area contributed by atoms with E-state index in [1.165, 1.54) is 11.8 Å². The van der Waals surface area contributed by atoms with Gasteiger partial charge in [0.05, 0.1) is 11.1 Å². The molecule has 0 atom stereocenters. The number of hydrogen-bond acceptors (Lipinski definition) is 2. The van der Waals surface area contributed by atoms with Crippen LogP contribution in [0.5, 0.6) is 0 Å². The highest BCUT2D eigenvalue weighted by Gasteiger charge is 2.36. The zero-order valence-electron chi connectivity index (χ0n) is 12.6.